The van der Waals surface area contributed by atoms with E-state index in [4.69, 9.17) is 0 Å². The first kappa shape index (κ1) is 20.3. The summed E-state index contributed by atoms with van der Waals surface area (Å²) in [7, 11) is 0. The van der Waals surface area contributed by atoms with Crippen LogP contribution >= 0.6 is 11.3 Å². The fourth-order valence-electron chi connectivity index (χ4n) is 4.07. The van der Waals surface area contributed by atoms with Crippen LogP contribution in [0.4, 0.5) is 5.69 Å². The molecule has 0 radical (unpaired) electrons. The number of carbonyl (C=O) groups excluding carboxylic acids is 2. The number of rotatable bonds is 5. The number of thiophene rings is 1. The Morgan fingerprint density at radius 3 is 2.50 bits per heavy atom. The Kier molecular flexibility index (Phi) is 5.41. The zero-order valence-corrected chi connectivity index (χ0v) is 18.2. The van der Waals surface area contributed by atoms with E-state index in [1.54, 1.807) is 59.9 Å². The monoisotopic (exact) mass is 443 g/mol. The normalized spacial score (nSPS) is 13.0. The van der Waals surface area contributed by atoms with Crippen molar-refractivity contribution >= 4 is 38.9 Å². The molecule has 1 N–H and O–H groups in total. The van der Waals surface area contributed by atoms with E-state index >= 15 is 0 Å². The summed E-state index contributed by atoms with van der Waals surface area (Å²) in [5.74, 6) is -0.395. The molecule has 2 heterocycles. The van der Waals surface area contributed by atoms with Crippen molar-refractivity contribution in [3.05, 3.63) is 92.8 Å². The number of hydrogen-bond acceptors (Lipinski definition) is 5. The number of carbonyl (C=O) groups is 2. The van der Waals surface area contributed by atoms with Crippen molar-refractivity contribution in [2.75, 3.05) is 5.32 Å². The van der Waals surface area contributed by atoms with E-state index in [9.17, 15) is 14.4 Å². The van der Waals surface area contributed by atoms with E-state index < -0.39 is 0 Å². The summed E-state index contributed by atoms with van der Waals surface area (Å²) < 4.78 is 1.40. The minimum atomic E-state index is -0.213. The number of aryl methyl sites for hydroxylation is 2. The predicted molar refractivity (Wildman–Crippen MR) is 126 cm³/mol. The molecule has 4 aromatic rings. The zero-order chi connectivity index (χ0) is 22.1. The van der Waals surface area contributed by atoms with Gasteiger partial charge in [-0.2, -0.15) is 0 Å². The number of hydrogen-bond donors (Lipinski definition) is 1. The van der Waals surface area contributed by atoms with E-state index in [2.05, 4.69) is 10.3 Å². The number of Topliss-reactive ketones (excluding diaryl/α,β-unsaturated/α-hetero) is 1. The Bertz CT molecular complexity index is 1370. The van der Waals surface area contributed by atoms with Gasteiger partial charge in [-0.3, -0.25) is 19.0 Å². The van der Waals surface area contributed by atoms with Gasteiger partial charge in [-0.25, -0.2) is 4.98 Å². The number of benzene rings is 2. The average molecular weight is 444 g/mol. The van der Waals surface area contributed by atoms with Crippen LogP contribution in [-0.2, 0) is 19.4 Å². The second-order valence-corrected chi connectivity index (χ2v) is 8.97. The number of nitrogens with one attached hydrogen (secondary N) is 1. The fourth-order valence-corrected chi connectivity index (χ4v) is 5.29. The van der Waals surface area contributed by atoms with Crippen LogP contribution in [0.2, 0.25) is 0 Å². The molecular weight excluding hydrogens is 422 g/mol. The van der Waals surface area contributed by atoms with Crippen LogP contribution in [0.25, 0.3) is 10.2 Å². The highest BCUT2D eigenvalue weighted by atomic mass is 32.1. The Balaban J connectivity index is 1.33. The second kappa shape index (κ2) is 8.51. The lowest BCUT2D eigenvalue weighted by atomic mass is 9.97. The van der Waals surface area contributed by atoms with Crippen LogP contribution in [0.15, 0.2) is 65.7 Å². The molecule has 1 aliphatic carbocycles. The summed E-state index contributed by atoms with van der Waals surface area (Å²) >= 11 is 1.60. The number of ketones is 1. The maximum atomic E-state index is 13.1. The first-order valence-corrected chi connectivity index (χ1v) is 11.4. The summed E-state index contributed by atoms with van der Waals surface area (Å²) in [6, 6.07) is 15.6. The Morgan fingerprint density at radius 2 is 1.72 bits per heavy atom. The maximum Gasteiger partial charge on any atom is 0.262 e. The summed E-state index contributed by atoms with van der Waals surface area (Å²) in [4.78, 5) is 44.6. The van der Waals surface area contributed by atoms with E-state index in [-0.39, 0.29) is 23.8 Å². The molecule has 6 nitrogen and oxygen atoms in total. The van der Waals surface area contributed by atoms with Gasteiger partial charge in [0, 0.05) is 21.7 Å². The molecule has 1 amide bonds. The number of fused-ring (bicyclic) bond motifs is 3. The van der Waals surface area contributed by atoms with Crippen LogP contribution in [0.3, 0.4) is 0 Å². The highest BCUT2D eigenvalue weighted by molar-refractivity contribution is 7.18. The molecule has 2 aromatic heterocycles. The third-order valence-electron chi connectivity index (χ3n) is 5.76. The molecule has 0 spiro atoms. The maximum absolute atomic E-state index is 13.1. The quantitative estimate of drug-likeness (QED) is 0.462. The van der Waals surface area contributed by atoms with Gasteiger partial charge in [-0.05, 0) is 67.6 Å². The predicted octanol–water partition coefficient (Wildman–Crippen LogP) is 4.47. The van der Waals surface area contributed by atoms with Gasteiger partial charge >= 0.3 is 0 Å². The summed E-state index contributed by atoms with van der Waals surface area (Å²) in [6.07, 6.45) is 5.61. The number of amides is 1. The molecule has 0 fully saturated rings. The molecule has 160 valence electrons. The van der Waals surface area contributed by atoms with Gasteiger partial charge in [-0.1, -0.05) is 18.2 Å². The lowest BCUT2D eigenvalue weighted by molar-refractivity contribution is 0.0970. The number of aromatic nitrogens is 2. The molecule has 5 rings (SSSR count). The van der Waals surface area contributed by atoms with Crippen molar-refractivity contribution in [2.45, 2.75) is 32.2 Å². The fraction of sp³-hybridized carbons (Fsp3) is 0.200. The van der Waals surface area contributed by atoms with Gasteiger partial charge in [0.25, 0.3) is 11.5 Å². The second-order valence-electron chi connectivity index (χ2n) is 7.89. The van der Waals surface area contributed by atoms with Gasteiger partial charge < -0.3 is 5.32 Å². The molecule has 0 saturated heterocycles. The van der Waals surface area contributed by atoms with Crippen LogP contribution < -0.4 is 10.9 Å². The van der Waals surface area contributed by atoms with Crippen LogP contribution in [0.1, 0.15) is 44.0 Å². The highest BCUT2D eigenvalue weighted by Crippen LogP contribution is 2.33. The van der Waals surface area contributed by atoms with Crippen LogP contribution in [-0.4, -0.2) is 21.2 Å². The van der Waals surface area contributed by atoms with Crippen molar-refractivity contribution in [2.24, 2.45) is 0 Å². The topological polar surface area (TPSA) is 81.1 Å². The van der Waals surface area contributed by atoms with E-state index in [0.29, 0.717) is 22.2 Å². The summed E-state index contributed by atoms with van der Waals surface area (Å²) in [6.45, 7) is -0.0673. The van der Waals surface area contributed by atoms with Gasteiger partial charge in [0.05, 0.1) is 18.3 Å². The third kappa shape index (κ3) is 3.87. The summed E-state index contributed by atoms with van der Waals surface area (Å²) in [5.41, 5.74) is 2.61. The first-order valence-electron chi connectivity index (χ1n) is 10.6. The van der Waals surface area contributed by atoms with Crippen molar-refractivity contribution in [3.8, 4) is 0 Å². The van der Waals surface area contributed by atoms with Gasteiger partial charge in [0.15, 0.2) is 5.78 Å². The van der Waals surface area contributed by atoms with Crippen molar-refractivity contribution in [3.63, 3.8) is 0 Å². The Labute approximate surface area is 188 Å². The molecule has 0 bridgehead atoms. The van der Waals surface area contributed by atoms with E-state index in [0.717, 1.165) is 36.1 Å². The number of anilines is 1. The highest BCUT2D eigenvalue weighted by Gasteiger charge is 2.20. The minimum Gasteiger partial charge on any atom is -0.322 e. The van der Waals surface area contributed by atoms with Crippen LogP contribution in [0.5, 0.6) is 0 Å². The Hall–Kier alpha value is -3.58. The van der Waals surface area contributed by atoms with Gasteiger partial charge in [-0.15, -0.1) is 11.3 Å². The smallest absolute Gasteiger partial charge is 0.262 e. The van der Waals surface area contributed by atoms with Gasteiger partial charge in [0.1, 0.15) is 4.83 Å². The molecule has 0 atom stereocenters. The minimum absolute atomic E-state index is 0.0673. The molecule has 32 heavy (non-hydrogen) atoms. The Morgan fingerprint density at radius 1 is 0.969 bits per heavy atom. The molecule has 0 unspecified atom stereocenters. The van der Waals surface area contributed by atoms with E-state index in [1.807, 2.05) is 6.07 Å². The molecule has 0 aliphatic heterocycles. The number of nitrogens with zero attached hydrogens (tertiary/aromatic N) is 2. The van der Waals surface area contributed by atoms with Gasteiger partial charge in [0.2, 0.25) is 0 Å². The first-order chi connectivity index (χ1) is 15.6. The molecule has 2 aromatic carbocycles. The van der Waals surface area contributed by atoms with E-state index in [1.165, 1.54) is 15.8 Å². The SMILES string of the molecule is O=C(Cn1cnc2sc3c(c2c1=O)CCCC3)c1ccc(NC(=O)c2ccccc2)cc1. The standard InChI is InChI=1S/C25H21N3O3S/c29-20(16-10-12-18(13-11-16)27-23(30)17-6-2-1-3-7-17)14-28-15-26-24-22(25(28)31)19-8-4-5-9-21(19)32-24/h1-3,6-7,10-13,15H,4-5,8-9,14H2,(H,27,30). The molecule has 7 heteroatoms. The molecular formula is C25H21N3O3S. The molecule has 1 aliphatic rings. The zero-order valence-electron chi connectivity index (χ0n) is 17.3. The largest absolute Gasteiger partial charge is 0.322 e. The van der Waals surface area contributed by atoms with Crippen molar-refractivity contribution in [1.29, 1.82) is 0 Å². The lowest BCUT2D eigenvalue weighted by Crippen LogP contribution is -2.25. The average Bonchev–Trinajstić information content (AvgIpc) is 3.21. The van der Waals surface area contributed by atoms with Crippen LogP contribution in [0, 0.1) is 0 Å². The van der Waals surface area contributed by atoms with Crippen molar-refractivity contribution in [1.82, 2.24) is 9.55 Å². The molecule has 0 saturated carbocycles. The lowest BCUT2D eigenvalue weighted by Gasteiger charge is -2.10. The van der Waals surface area contributed by atoms with Crippen molar-refractivity contribution < 1.29 is 9.59 Å². The third-order valence-corrected chi connectivity index (χ3v) is 6.96. The summed E-state index contributed by atoms with van der Waals surface area (Å²) in [5, 5.41) is 3.49.